The molecule has 126 valence electrons. The van der Waals surface area contributed by atoms with Crippen molar-refractivity contribution in [2.45, 2.75) is 6.42 Å². The smallest absolute Gasteiger partial charge is 0.233 e. The second kappa shape index (κ2) is 8.01. The van der Waals surface area contributed by atoms with E-state index in [1.165, 1.54) is 0 Å². The van der Waals surface area contributed by atoms with E-state index in [4.69, 9.17) is 4.74 Å². The molecule has 0 atom stereocenters. The largest absolute Gasteiger partial charge is 0.497 e. The predicted octanol–water partition coefficient (Wildman–Crippen LogP) is 2.73. The van der Waals surface area contributed by atoms with Gasteiger partial charge in [-0.05, 0) is 48.5 Å². The van der Waals surface area contributed by atoms with Crippen LogP contribution in [0.3, 0.4) is 0 Å². The molecule has 24 heavy (non-hydrogen) atoms. The summed E-state index contributed by atoms with van der Waals surface area (Å²) < 4.78 is 5.05. The summed E-state index contributed by atoms with van der Waals surface area (Å²) in [5.41, 5.74) is 2.30. The zero-order valence-electron chi connectivity index (χ0n) is 14.0. The lowest BCUT2D eigenvalue weighted by molar-refractivity contribution is -0.123. The van der Waals surface area contributed by atoms with Gasteiger partial charge in [0.05, 0.1) is 7.11 Å². The van der Waals surface area contributed by atoms with Crippen molar-refractivity contribution in [2.24, 2.45) is 0 Å². The molecule has 0 radical (unpaired) electrons. The number of nitrogens with zero attached hydrogens (tertiary/aromatic N) is 1. The van der Waals surface area contributed by atoms with Crippen LogP contribution in [0.15, 0.2) is 48.5 Å². The number of anilines is 3. The van der Waals surface area contributed by atoms with Crippen LogP contribution in [-0.4, -0.2) is 33.0 Å². The molecule has 2 N–H and O–H groups in total. The molecule has 0 aromatic heterocycles. The van der Waals surface area contributed by atoms with Crippen LogP contribution >= 0.6 is 0 Å². The Hall–Kier alpha value is -3.02. The van der Waals surface area contributed by atoms with Crippen molar-refractivity contribution in [3.8, 4) is 5.75 Å². The predicted molar refractivity (Wildman–Crippen MR) is 95.6 cm³/mol. The minimum Gasteiger partial charge on any atom is -0.497 e. The molecule has 0 aliphatic rings. The maximum Gasteiger partial charge on any atom is 0.233 e. The summed E-state index contributed by atoms with van der Waals surface area (Å²) in [6.45, 7) is 0. The normalized spacial score (nSPS) is 9.96. The average Bonchev–Trinajstić information content (AvgIpc) is 2.55. The Morgan fingerprint density at radius 1 is 0.875 bits per heavy atom. The standard InChI is InChI=1S/C18H21N3O3/c1-21(2)15-8-4-13(5-9-15)19-17(22)12-18(23)20-14-6-10-16(24-3)11-7-14/h4-11H,12H2,1-3H3,(H,19,22)(H,20,23). The molecular weight excluding hydrogens is 306 g/mol. The van der Waals surface area contributed by atoms with Gasteiger partial charge in [-0.1, -0.05) is 0 Å². The molecule has 0 spiro atoms. The van der Waals surface area contributed by atoms with E-state index in [2.05, 4.69) is 10.6 Å². The fourth-order valence-electron chi connectivity index (χ4n) is 2.07. The summed E-state index contributed by atoms with van der Waals surface area (Å²) in [6.07, 6.45) is -0.249. The van der Waals surface area contributed by atoms with Crippen LogP contribution in [-0.2, 0) is 9.59 Å². The van der Waals surface area contributed by atoms with E-state index >= 15 is 0 Å². The SMILES string of the molecule is COc1ccc(NC(=O)CC(=O)Nc2ccc(N(C)C)cc2)cc1. The van der Waals surface area contributed by atoms with Crippen molar-refractivity contribution in [1.29, 1.82) is 0 Å². The third-order valence-corrected chi connectivity index (χ3v) is 3.36. The number of carbonyl (C=O) groups excluding carboxylic acids is 2. The van der Waals surface area contributed by atoms with Gasteiger partial charge in [0.25, 0.3) is 0 Å². The Kier molecular flexibility index (Phi) is 5.78. The van der Waals surface area contributed by atoms with E-state index in [0.717, 1.165) is 5.69 Å². The lowest BCUT2D eigenvalue weighted by atomic mass is 10.2. The van der Waals surface area contributed by atoms with Crippen molar-refractivity contribution < 1.29 is 14.3 Å². The van der Waals surface area contributed by atoms with Gasteiger partial charge in [0.1, 0.15) is 12.2 Å². The zero-order chi connectivity index (χ0) is 17.5. The quantitative estimate of drug-likeness (QED) is 0.800. The molecule has 0 saturated carbocycles. The van der Waals surface area contributed by atoms with Crippen LogP contribution < -0.4 is 20.3 Å². The van der Waals surface area contributed by atoms with Gasteiger partial charge in [-0.3, -0.25) is 9.59 Å². The monoisotopic (exact) mass is 327 g/mol. The Balaban J connectivity index is 1.85. The Labute approximate surface area is 141 Å². The number of methoxy groups -OCH3 is 1. The fourth-order valence-corrected chi connectivity index (χ4v) is 2.07. The molecule has 2 aromatic rings. The summed E-state index contributed by atoms with van der Waals surface area (Å²) in [7, 11) is 5.46. The summed E-state index contributed by atoms with van der Waals surface area (Å²) in [6, 6.07) is 14.3. The molecule has 0 aliphatic carbocycles. The number of amides is 2. The number of ether oxygens (including phenoxy) is 1. The molecular formula is C18H21N3O3. The molecule has 0 aliphatic heterocycles. The van der Waals surface area contributed by atoms with Crippen molar-refractivity contribution >= 4 is 28.9 Å². The van der Waals surface area contributed by atoms with Gasteiger partial charge in [0.2, 0.25) is 11.8 Å². The Bertz CT molecular complexity index is 694. The second-order valence-corrected chi connectivity index (χ2v) is 5.44. The van der Waals surface area contributed by atoms with Gasteiger partial charge in [0, 0.05) is 31.2 Å². The molecule has 2 amide bonds. The maximum absolute atomic E-state index is 11.9. The van der Waals surface area contributed by atoms with E-state index in [1.54, 1.807) is 43.5 Å². The van der Waals surface area contributed by atoms with Gasteiger partial charge < -0.3 is 20.3 Å². The summed E-state index contributed by atoms with van der Waals surface area (Å²) in [5.74, 6) is -0.0342. The maximum atomic E-state index is 11.9. The van der Waals surface area contributed by atoms with Crippen molar-refractivity contribution in [1.82, 2.24) is 0 Å². The van der Waals surface area contributed by atoms with E-state index in [1.807, 2.05) is 31.1 Å². The van der Waals surface area contributed by atoms with Gasteiger partial charge >= 0.3 is 0 Å². The third-order valence-electron chi connectivity index (χ3n) is 3.36. The van der Waals surface area contributed by atoms with Crippen LogP contribution in [0, 0.1) is 0 Å². The zero-order valence-corrected chi connectivity index (χ0v) is 14.0. The second-order valence-electron chi connectivity index (χ2n) is 5.44. The van der Waals surface area contributed by atoms with Crippen molar-refractivity contribution in [3.05, 3.63) is 48.5 Å². The van der Waals surface area contributed by atoms with Crippen LogP contribution in [0.25, 0.3) is 0 Å². The van der Waals surface area contributed by atoms with Gasteiger partial charge in [-0.15, -0.1) is 0 Å². The molecule has 0 heterocycles. The highest BCUT2D eigenvalue weighted by atomic mass is 16.5. The molecule has 6 heteroatoms. The van der Waals surface area contributed by atoms with Crippen LogP contribution in [0.2, 0.25) is 0 Å². The first kappa shape index (κ1) is 17.3. The van der Waals surface area contributed by atoms with Crippen LogP contribution in [0.4, 0.5) is 17.1 Å². The van der Waals surface area contributed by atoms with E-state index in [0.29, 0.717) is 17.1 Å². The lowest BCUT2D eigenvalue weighted by Gasteiger charge is -2.13. The molecule has 0 unspecified atom stereocenters. The molecule has 2 aromatic carbocycles. The van der Waals surface area contributed by atoms with Crippen molar-refractivity contribution in [2.75, 3.05) is 36.7 Å². The molecule has 2 rings (SSSR count). The van der Waals surface area contributed by atoms with E-state index in [9.17, 15) is 9.59 Å². The Morgan fingerprint density at radius 2 is 1.33 bits per heavy atom. The third kappa shape index (κ3) is 5.01. The van der Waals surface area contributed by atoms with E-state index in [-0.39, 0.29) is 18.2 Å². The van der Waals surface area contributed by atoms with Gasteiger partial charge in [-0.25, -0.2) is 0 Å². The van der Waals surface area contributed by atoms with Crippen LogP contribution in [0.1, 0.15) is 6.42 Å². The first-order valence-electron chi connectivity index (χ1n) is 7.49. The lowest BCUT2D eigenvalue weighted by Crippen LogP contribution is -2.21. The first-order valence-corrected chi connectivity index (χ1v) is 7.49. The molecule has 0 saturated heterocycles. The highest BCUT2D eigenvalue weighted by Crippen LogP contribution is 2.17. The number of hydrogen-bond donors (Lipinski definition) is 2. The molecule has 0 bridgehead atoms. The molecule has 6 nitrogen and oxygen atoms in total. The number of carbonyl (C=O) groups is 2. The van der Waals surface area contributed by atoms with Crippen LogP contribution in [0.5, 0.6) is 5.75 Å². The number of hydrogen-bond acceptors (Lipinski definition) is 4. The minimum absolute atomic E-state index is 0.249. The Morgan fingerprint density at radius 3 is 1.75 bits per heavy atom. The minimum atomic E-state index is -0.373. The molecule has 0 fully saturated rings. The number of nitrogens with one attached hydrogen (secondary N) is 2. The summed E-state index contributed by atoms with van der Waals surface area (Å²) >= 11 is 0. The average molecular weight is 327 g/mol. The highest BCUT2D eigenvalue weighted by Gasteiger charge is 2.10. The topological polar surface area (TPSA) is 70.7 Å². The highest BCUT2D eigenvalue weighted by molar-refractivity contribution is 6.08. The summed E-state index contributed by atoms with van der Waals surface area (Å²) in [4.78, 5) is 25.8. The first-order chi connectivity index (χ1) is 11.5. The fraction of sp³-hybridized carbons (Fsp3) is 0.222. The van der Waals surface area contributed by atoms with Gasteiger partial charge in [-0.2, -0.15) is 0 Å². The number of rotatable bonds is 6. The number of benzene rings is 2. The summed E-state index contributed by atoms with van der Waals surface area (Å²) in [5, 5.41) is 5.38. The van der Waals surface area contributed by atoms with Gasteiger partial charge in [0.15, 0.2) is 0 Å². The van der Waals surface area contributed by atoms with Crippen molar-refractivity contribution in [3.63, 3.8) is 0 Å². The van der Waals surface area contributed by atoms with E-state index < -0.39 is 0 Å².